The van der Waals surface area contributed by atoms with Crippen LogP contribution in [0, 0.1) is 0 Å². The summed E-state index contributed by atoms with van der Waals surface area (Å²) in [7, 11) is 0. The van der Waals surface area contributed by atoms with Gasteiger partial charge in [0.1, 0.15) is 0 Å². The van der Waals surface area contributed by atoms with E-state index >= 15 is 0 Å². The maximum atomic E-state index is 11.1. The van der Waals surface area contributed by atoms with E-state index in [1.807, 2.05) is 0 Å². The molecule has 0 aliphatic carbocycles. The molecule has 0 amide bonds. The molecule has 0 bridgehead atoms. The predicted octanol–water partition coefficient (Wildman–Crippen LogP) is 1.57. The van der Waals surface area contributed by atoms with Crippen molar-refractivity contribution in [3.05, 3.63) is 0 Å². The molecule has 1 aliphatic rings. The van der Waals surface area contributed by atoms with Gasteiger partial charge >= 0.3 is 5.97 Å². The number of carbonyl (C=O) groups is 1. The molecule has 9 nitrogen and oxygen atoms in total. The van der Waals surface area contributed by atoms with Crippen molar-refractivity contribution in [3.63, 3.8) is 0 Å². The predicted molar refractivity (Wildman–Crippen MR) is 105 cm³/mol. The van der Waals surface area contributed by atoms with Crippen molar-refractivity contribution < 1.29 is 42.7 Å². The van der Waals surface area contributed by atoms with Crippen molar-refractivity contribution >= 4 is 5.97 Å². The van der Waals surface area contributed by atoms with E-state index in [2.05, 4.69) is 0 Å². The van der Waals surface area contributed by atoms with Gasteiger partial charge in [0.05, 0.1) is 85.7 Å². The maximum Gasteiger partial charge on any atom is 0.308 e. The second-order valence-corrected chi connectivity index (χ2v) is 6.28. The number of carbonyl (C=O) groups excluding carboxylic acids is 1. The topological polar surface area (TPSA) is 90.9 Å². The highest BCUT2D eigenvalue weighted by molar-refractivity contribution is 5.69. The molecule has 1 atom stereocenters. The molecule has 0 saturated carbocycles. The minimum atomic E-state index is -0.241. The van der Waals surface area contributed by atoms with Gasteiger partial charge in [0.2, 0.25) is 0 Å². The smallest absolute Gasteiger partial charge is 0.308 e. The SMILES string of the molecule is CCOC(=O)CCOCCOCCOCCOCCOCCOC1CCCCO1. The molecule has 29 heavy (non-hydrogen) atoms. The van der Waals surface area contributed by atoms with E-state index in [1.165, 1.54) is 6.42 Å². The van der Waals surface area contributed by atoms with Crippen LogP contribution >= 0.6 is 0 Å². The zero-order valence-corrected chi connectivity index (χ0v) is 17.8. The van der Waals surface area contributed by atoms with E-state index < -0.39 is 0 Å². The Labute approximate surface area is 174 Å². The standard InChI is InChI=1S/C20H38O9/c1-2-27-19(21)6-8-22-9-10-23-11-12-24-13-14-25-15-16-26-17-18-29-20-5-3-4-7-28-20/h20H,2-18H2,1H3. The summed E-state index contributed by atoms with van der Waals surface area (Å²) in [6, 6.07) is 0. The molecular weight excluding hydrogens is 384 g/mol. The summed E-state index contributed by atoms with van der Waals surface area (Å²) < 4.78 is 42.8. The third-order valence-corrected chi connectivity index (χ3v) is 3.91. The second-order valence-electron chi connectivity index (χ2n) is 6.28. The molecule has 0 aromatic carbocycles. The fourth-order valence-electron chi connectivity index (χ4n) is 2.45. The summed E-state index contributed by atoms with van der Waals surface area (Å²) in [6.07, 6.45) is 3.47. The fourth-order valence-corrected chi connectivity index (χ4v) is 2.45. The van der Waals surface area contributed by atoms with Gasteiger partial charge in [-0.3, -0.25) is 4.79 Å². The van der Waals surface area contributed by atoms with Crippen LogP contribution in [0.5, 0.6) is 0 Å². The van der Waals surface area contributed by atoms with E-state index in [9.17, 15) is 4.79 Å². The quantitative estimate of drug-likeness (QED) is 0.214. The Bertz CT molecular complexity index is 362. The molecule has 172 valence electrons. The van der Waals surface area contributed by atoms with Gasteiger partial charge in [0.15, 0.2) is 6.29 Å². The second kappa shape index (κ2) is 20.5. The minimum absolute atomic E-state index is 0.0615. The summed E-state index contributed by atoms with van der Waals surface area (Å²) in [5.74, 6) is -0.241. The van der Waals surface area contributed by atoms with Crippen LogP contribution in [-0.4, -0.2) is 98.1 Å². The van der Waals surface area contributed by atoms with Gasteiger partial charge in [0.25, 0.3) is 0 Å². The summed E-state index contributed by atoms with van der Waals surface area (Å²) >= 11 is 0. The molecule has 1 heterocycles. The van der Waals surface area contributed by atoms with E-state index in [0.717, 1.165) is 19.4 Å². The molecule has 0 radical (unpaired) electrons. The van der Waals surface area contributed by atoms with Crippen LogP contribution in [0.15, 0.2) is 0 Å². The molecular formula is C20H38O9. The van der Waals surface area contributed by atoms with Gasteiger partial charge in [-0.25, -0.2) is 0 Å². The normalized spacial score (nSPS) is 16.8. The maximum absolute atomic E-state index is 11.1. The Morgan fingerprint density at radius 2 is 1.28 bits per heavy atom. The van der Waals surface area contributed by atoms with Crippen molar-refractivity contribution in [2.75, 3.05) is 85.9 Å². The minimum Gasteiger partial charge on any atom is -0.466 e. The summed E-state index contributed by atoms with van der Waals surface area (Å²) in [5.41, 5.74) is 0. The number of esters is 1. The molecule has 9 heteroatoms. The Hall–Kier alpha value is -0.810. The first-order valence-electron chi connectivity index (χ1n) is 10.6. The fraction of sp³-hybridized carbons (Fsp3) is 0.950. The Balaban J connectivity index is 1.66. The zero-order chi connectivity index (χ0) is 20.8. The Kier molecular flexibility index (Phi) is 18.5. The first-order valence-corrected chi connectivity index (χ1v) is 10.6. The highest BCUT2D eigenvalue weighted by Gasteiger charge is 2.13. The van der Waals surface area contributed by atoms with E-state index in [0.29, 0.717) is 79.3 Å². The van der Waals surface area contributed by atoms with Crippen molar-refractivity contribution in [1.29, 1.82) is 0 Å². The summed E-state index contributed by atoms with van der Waals surface area (Å²) in [4.78, 5) is 11.1. The molecule has 1 rings (SSSR count). The number of ether oxygens (including phenoxy) is 8. The first-order chi connectivity index (χ1) is 14.3. The third-order valence-electron chi connectivity index (χ3n) is 3.91. The molecule has 0 aromatic rings. The van der Waals surface area contributed by atoms with Gasteiger partial charge < -0.3 is 37.9 Å². The van der Waals surface area contributed by atoms with E-state index in [4.69, 9.17) is 37.9 Å². The number of hydrogen-bond donors (Lipinski definition) is 0. The first kappa shape index (κ1) is 26.2. The highest BCUT2D eigenvalue weighted by Crippen LogP contribution is 2.13. The summed E-state index contributed by atoms with van der Waals surface area (Å²) in [5, 5.41) is 0. The van der Waals surface area contributed by atoms with E-state index in [1.54, 1.807) is 6.92 Å². The summed E-state index contributed by atoms with van der Waals surface area (Å²) in [6.45, 7) is 8.42. The molecule has 0 N–H and O–H groups in total. The van der Waals surface area contributed by atoms with Crippen LogP contribution in [0.2, 0.25) is 0 Å². The van der Waals surface area contributed by atoms with Gasteiger partial charge in [-0.2, -0.15) is 0 Å². The lowest BCUT2D eigenvalue weighted by Crippen LogP contribution is -2.24. The monoisotopic (exact) mass is 422 g/mol. The zero-order valence-electron chi connectivity index (χ0n) is 17.8. The molecule has 1 fully saturated rings. The lowest BCUT2D eigenvalue weighted by Gasteiger charge is -2.22. The van der Waals surface area contributed by atoms with Crippen molar-refractivity contribution in [1.82, 2.24) is 0 Å². The lowest BCUT2D eigenvalue weighted by molar-refractivity contribution is -0.169. The molecule has 1 aliphatic heterocycles. The third kappa shape index (κ3) is 17.7. The molecule has 0 spiro atoms. The molecule has 1 unspecified atom stereocenters. The van der Waals surface area contributed by atoms with Crippen LogP contribution in [0.3, 0.4) is 0 Å². The molecule has 1 saturated heterocycles. The van der Waals surface area contributed by atoms with Crippen molar-refractivity contribution in [2.24, 2.45) is 0 Å². The van der Waals surface area contributed by atoms with E-state index in [-0.39, 0.29) is 18.7 Å². The van der Waals surface area contributed by atoms with Crippen LogP contribution in [0.25, 0.3) is 0 Å². The van der Waals surface area contributed by atoms with Gasteiger partial charge in [-0.15, -0.1) is 0 Å². The average Bonchev–Trinajstić information content (AvgIpc) is 2.74. The van der Waals surface area contributed by atoms with Gasteiger partial charge in [-0.1, -0.05) is 0 Å². The van der Waals surface area contributed by atoms with Crippen LogP contribution < -0.4 is 0 Å². The highest BCUT2D eigenvalue weighted by atomic mass is 16.7. The largest absolute Gasteiger partial charge is 0.466 e. The van der Waals surface area contributed by atoms with Crippen LogP contribution in [0.4, 0.5) is 0 Å². The molecule has 0 aromatic heterocycles. The van der Waals surface area contributed by atoms with Crippen molar-refractivity contribution in [3.8, 4) is 0 Å². The van der Waals surface area contributed by atoms with Crippen LogP contribution in [-0.2, 0) is 42.7 Å². The van der Waals surface area contributed by atoms with Gasteiger partial charge in [-0.05, 0) is 26.2 Å². The average molecular weight is 423 g/mol. The Morgan fingerprint density at radius 1 is 0.759 bits per heavy atom. The van der Waals surface area contributed by atoms with Crippen molar-refractivity contribution in [2.45, 2.75) is 38.9 Å². The number of rotatable bonds is 20. The van der Waals surface area contributed by atoms with Crippen LogP contribution in [0.1, 0.15) is 32.6 Å². The van der Waals surface area contributed by atoms with Gasteiger partial charge in [0, 0.05) is 6.61 Å². The lowest BCUT2D eigenvalue weighted by atomic mass is 10.2. The Morgan fingerprint density at radius 3 is 1.76 bits per heavy atom. The number of hydrogen-bond acceptors (Lipinski definition) is 9.